The fraction of sp³-hybridized carbons (Fsp3) is 0.512. The molecular weight excluding hydrogens is 847 g/mol. The molecule has 60 heavy (non-hydrogen) atoms. The van der Waals surface area contributed by atoms with Crippen LogP contribution in [0.1, 0.15) is 83.5 Å². The van der Waals surface area contributed by atoms with Crippen LogP contribution in [0.3, 0.4) is 0 Å². The number of methoxy groups -OCH3 is 1. The van der Waals surface area contributed by atoms with E-state index in [9.17, 15) is 24.0 Å². The largest absolute Gasteiger partial charge is 0.453 e. The van der Waals surface area contributed by atoms with Gasteiger partial charge in [0.25, 0.3) is 0 Å². The van der Waals surface area contributed by atoms with Crippen LogP contribution in [0.4, 0.5) is 15.3 Å². The van der Waals surface area contributed by atoms with Crippen molar-refractivity contribution in [1.29, 1.82) is 0 Å². The second-order valence-electron chi connectivity index (χ2n) is 15.0. The van der Waals surface area contributed by atoms with E-state index in [2.05, 4.69) is 31.2 Å². The summed E-state index contributed by atoms with van der Waals surface area (Å²) in [5.74, 6) is -0.444. The highest BCUT2D eigenvalue weighted by Crippen LogP contribution is 2.28. The van der Waals surface area contributed by atoms with Crippen molar-refractivity contribution in [3.05, 3.63) is 60.6 Å². The monoisotopic (exact) mass is 907 g/mol. The van der Waals surface area contributed by atoms with E-state index >= 15 is 0 Å². The van der Waals surface area contributed by atoms with Gasteiger partial charge in [-0.15, -0.1) is 0 Å². The van der Waals surface area contributed by atoms with Gasteiger partial charge < -0.3 is 45.4 Å². The fourth-order valence-corrected chi connectivity index (χ4v) is 7.02. The number of hydrogen-bond acceptors (Lipinski definition) is 9. The van der Waals surface area contributed by atoms with Crippen LogP contribution in [-0.4, -0.2) is 95.9 Å². The molecule has 3 heterocycles. The van der Waals surface area contributed by atoms with Gasteiger partial charge in [0, 0.05) is 25.4 Å². The number of benzene rings is 2. The van der Waals surface area contributed by atoms with Crippen molar-refractivity contribution in [3.8, 4) is 22.4 Å². The zero-order valence-electron chi connectivity index (χ0n) is 34.3. The highest BCUT2D eigenvalue weighted by Gasteiger charge is 2.39. The van der Waals surface area contributed by atoms with Crippen LogP contribution >= 0.6 is 54.0 Å². The number of H-pyrrole nitrogens is 1. The first-order chi connectivity index (χ1) is 27.1. The molecule has 5 amide bonds. The lowest BCUT2D eigenvalue weighted by Crippen LogP contribution is -2.54. The summed E-state index contributed by atoms with van der Waals surface area (Å²) in [4.78, 5) is 74.0. The number of anilines is 1. The van der Waals surface area contributed by atoms with Gasteiger partial charge in [0.1, 0.15) is 30.1 Å². The summed E-state index contributed by atoms with van der Waals surface area (Å²) >= 11 is 0. The van der Waals surface area contributed by atoms with Crippen molar-refractivity contribution in [2.45, 2.75) is 102 Å². The van der Waals surface area contributed by atoms with Gasteiger partial charge in [-0.3, -0.25) is 14.4 Å². The Morgan fingerprint density at radius 3 is 2.13 bits per heavy atom. The Hall–Kier alpha value is -4.04. The first-order valence-electron chi connectivity index (χ1n) is 19.7. The number of ether oxygens (including phenoxy) is 3. The van der Waals surface area contributed by atoms with Gasteiger partial charge in [-0.1, -0.05) is 63.1 Å². The zero-order valence-corrected chi connectivity index (χ0v) is 38.3. The van der Waals surface area contributed by atoms with Gasteiger partial charge >= 0.3 is 12.2 Å². The highest BCUT2D eigenvalue weighted by molar-refractivity contribution is 7.59. The molecule has 3 aromatic rings. The number of nitrogens with one attached hydrogen (secondary N) is 5. The molecule has 3 fully saturated rings. The third kappa shape index (κ3) is 14.3. The predicted octanol–water partition coefficient (Wildman–Crippen LogP) is 5.90. The Kier molecular flexibility index (Phi) is 21.7. The summed E-state index contributed by atoms with van der Waals surface area (Å²) in [6.45, 7) is 5.24. The van der Waals surface area contributed by atoms with E-state index in [1.54, 1.807) is 11.1 Å². The van der Waals surface area contributed by atoms with E-state index in [1.165, 1.54) is 7.11 Å². The molecule has 2 saturated heterocycles. The van der Waals surface area contributed by atoms with Crippen molar-refractivity contribution < 1.29 is 38.2 Å². The molecule has 4 atom stereocenters. The number of alkyl carbamates (subject to hydrolysis) is 2. The Bertz CT molecular complexity index is 1850. The summed E-state index contributed by atoms with van der Waals surface area (Å²) in [5, 5.41) is 11.4. The molecule has 5 N–H and O–H groups in total. The Morgan fingerprint density at radius 1 is 0.817 bits per heavy atom. The molecule has 6 rings (SSSR count). The van der Waals surface area contributed by atoms with Gasteiger partial charge in [-0.2, -0.15) is 54.0 Å². The van der Waals surface area contributed by atoms with Crippen LogP contribution in [0.15, 0.2) is 54.7 Å². The number of nitrogens with zero attached hydrogens (tertiary/aromatic N) is 2. The Labute approximate surface area is 379 Å². The number of amides is 5. The van der Waals surface area contributed by atoms with Crippen molar-refractivity contribution in [2.75, 3.05) is 32.2 Å². The minimum absolute atomic E-state index is 0. The SMILES string of the molecule is COC(=O)N[C@H]1CCCCCOCC[C@@H](c2ncc(-c3ccc(-c4ccc(NC(=O)[C@@H]5CCCN5C(=O)[C@@H](NC(=O)OC5CC5)C(C)C)cc4)cc3)[nH]2)NC1=O.S.S.S.S. The molecule has 2 aliphatic heterocycles. The molecule has 1 saturated carbocycles. The van der Waals surface area contributed by atoms with Crippen LogP contribution < -0.4 is 21.3 Å². The maximum absolute atomic E-state index is 13.5. The standard InChI is InChI=1S/C41H53N7O8.4H2S/c1-25(2)35(47-41(53)56-30-18-19-30)39(51)48-21-7-9-34(48)38(50)43-29-16-14-27(15-17-29)26-10-12-28(13-11-26)33-24-42-36(44-33)31-20-23-55-22-6-4-5-8-32(37(49)45-31)46-40(52)54-3;;;;/h10-17,24-25,30-32,34-35H,4-9,18-23H2,1-3H3,(H,42,44)(H,43,50)(H,45,49)(H,46,52)(H,47,53);4*1H2/t31-,32-,34-,35-;;;;/m0..../s1. The van der Waals surface area contributed by atoms with Crippen molar-refractivity contribution >= 4 is 89.6 Å². The number of aromatic nitrogens is 2. The average Bonchev–Trinajstić information content (AvgIpc) is 3.62. The molecule has 0 radical (unpaired) electrons. The van der Waals surface area contributed by atoms with E-state index in [1.807, 2.05) is 62.4 Å². The van der Waals surface area contributed by atoms with Crippen molar-refractivity contribution in [3.63, 3.8) is 0 Å². The number of hydrogen-bond donors (Lipinski definition) is 5. The second kappa shape index (κ2) is 25.0. The molecule has 19 heteroatoms. The molecule has 3 aliphatic rings. The lowest BCUT2D eigenvalue weighted by molar-refractivity contribution is -0.139. The maximum Gasteiger partial charge on any atom is 0.408 e. The van der Waals surface area contributed by atoms with Crippen molar-refractivity contribution in [1.82, 2.24) is 30.8 Å². The summed E-state index contributed by atoms with van der Waals surface area (Å²) in [7, 11) is 1.27. The number of likely N-dealkylation sites (tertiary alicyclic amines) is 1. The van der Waals surface area contributed by atoms with Crippen LogP contribution in [0.5, 0.6) is 0 Å². The molecule has 1 aliphatic carbocycles. The minimum Gasteiger partial charge on any atom is -0.453 e. The molecule has 0 spiro atoms. The first kappa shape index (κ1) is 52.1. The molecule has 0 bridgehead atoms. The van der Waals surface area contributed by atoms with Crippen LogP contribution in [0.2, 0.25) is 0 Å². The zero-order chi connectivity index (χ0) is 39.6. The number of carbonyl (C=O) groups excluding carboxylic acids is 5. The van der Waals surface area contributed by atoms with Gasteiger partial charge in [-0.05, 0) is 79.7 Å². The van der Waals surface area contributed by atoms with Crippen LogP contribution in [0, 0.1) is 5.92 Å². The normalized spacial score (nSPS) is 19.8. The molecular formula is C41H61N7O8S4. The number of carbonyl (C=O) groups is 5. The second-order valence-corrected chi connectivity index (χ2v) is 15.0. The summed E-state index contributed by atoms with van der Waals surface area (Å²) < 4.78 is 15.9. The predicted molar refractivity (Wildman–Crippen MR) is 250 cm³/mol. The topological polar surface area (TPSA) is 193 Å². The summed E-state index contributed by atoms with van der Waals surface area (Å²) in [6, 6.07) is 12.9. The highest BCUT2D eigenvalue weighted by atomic mass is 32.1. The average molecular weight is 908 g/mol. The first-order valence-corrected chi connectivity index (χ1v) is 19.7. The molecule has 0 unspecified atom stereocenters. The molecule has 1 aromatic heterocycles. The van der Waals surface area contributed by atoms with Gasteiger partial charge in [0.2, 0.25) is 17.7 Å². The molecule has 15 nitrogen and oxygen atoms in total. The van der Waals surface area contributed by atoms with E-state index in [0.29, 0.717) is 57.0 Å². The fourth-order valence-electron chi connectivity index (χ4n) is 7.02. The smallest absolute Gasteiger partial charge is 0.408 e. The van der Waals surface area contributed by atoms with Gasteiger partial charge in [0.15, 0.2) is 0 Å². The third-order valence-electron chi connectivity index (χ3n) is 10.4. The van der Waals surface area contributed by atoms with Crippen molar-refractivity contribution in [2.24, 2.45) is 5.92 Å². The summed E-state index contributed by atoms with van der Waals surface area (Å²) in [6.07, 6.45) is 6.85. The number of imidazole rings is 1. The molecule has 332 valence electrons. The van der Waals surface area contributed by atoms with Gasteiger partial charge in [0.05, 0.1) is 25.0 Å². The lowest BCUT2D eigenvalue weighted by Gasteiger charge is -2.30. The Balaban J connectivity index is 0.00000310. The van der Waals surface area contributed by atoms with Crippen LogP contribution in [-0.2, 0) is 28.6 Å². The van der Waals surface area contributed by atoms with Crippen LogP contribution in [0.25, 0.3) is 22.4 Å². The Morgan fingerprint density at radius 2 is 1.48 bits per heavy atom. The van der Waals surface area contributed by atoms with E-state index < -0.39 is 36.4 Å². The lowest BCUT2D eigenvalue weighted by atomic mass is 10.0. The van der Waals surface area contributed by atoms with E-state index in [4.69, 9.17) is 14.2 Å². The minimum atomic E-state index is -0.783. The summed E-state index contributed by atoms with van der Waals surface area (Å²) in [5.41, 5.74) is 4.22. The quantitative estimate of drug-likeness (QED) is 0.165. The number of aromatic amines is 1. The third-order valence-corrected chi connectivity index (χ3v) is 10.4. The van der Waals surface area contributed by atoms with E-state index in [-0.39, 0.29) is 83.7 Å². The van der Waals surface area contributed by atoms with Gasteiger partial charge in [-0.25, -0.2) is 14.6 Å². The molecule has 2 aromatic carbocycles. The maximum atomic E-state index is 13.5. The van der Waals surface area contributed by atoms with E-state index in [0.717, 1.165) is 54.5 Å². The number of rotatable bonds is 10.